The Balaban J connectivity index is 2.17. The summed E-state index contributed by atoms with van der Waals surface area (Å²) in [5, 5.41) is 0. The minimum absolute atomic E-state index is 0.0860. The zero-order valence-corrected chi connectivity index (χ0v) is 27.1. The average Bonchev–Trinajstić information content (AvgIpc) is 3.17. The first-order valence-corrected chi connectivity index (χ1v) is 16.1. The second-order valence-electron chi connectivity index (χ2n) is 11.9. The monoisotopic (exact) mass is 611 g/mol. The average molecular weight is 613 g/mol. The molecule has 0 bridgehead atoms. The van der Waals surface area contributed by atoms with E-state index in [2.05, 4.69) is 36.2 Å². The van der Waals surface area contributed by atoms with Gasteiger partial charge in [0.15, 0.2) is 0 Å². The summed E-state index contributed by atoms with van der Waals surface area (Å²) < 4.78 is 35.4. The summed E-state index contributed by atoms with van der Waals surface area (Å²) in [6.45, 7) is 12.8. The maximum absolute atomic E-state index is 13.9. The number of phosphoric acid groups is 1. The van der Waals surface area contributed by atoms with Crippen LogP contribution in [0.15, 0.2) is 29.3 Å². The lowest BCUT2D eigenvalue weighted by molar-refractivity contribution is -0.0504. The molecule has 2 rings (SSSR count). The molecule has 38 heavy (non-hydrogen) atoms. The minimum atomic E-state index is -4.12. The molecule has 6 nitrogen and oxygen atoms in total. The molecule has 0 saturated carbocycles. The second-order valence-corrected chi connectivity index (χ2v) is 15.7. The predicted octanol–water partition coefficient (Wildman–Crippen LogP) is 9.77. The summed E-state index contributed by atoms with van der Waals surface area (Å²) >= 11 is 18.2. The molecule has 10 heteroatoms. The van der Waals surface area contributed by atoms with Crippen LogP contribution in [0.1, 0.15) is 105 Å². The molecule has 0 saturated heterocycles. The van der Waals surface area contributed by atoms with E-state index < -0.39 is 28.5 Å². The van der Waals surface area contributed by atoms with Gasteiger partial charge in [0, 0.05) is 6.42 Å². The number of phosphoric ester groups is 1. The van der Waals surface area contributed by atoms with Crippen molar-refractivity contribution in [1.29, 1.82) is 0 Å². The van der Waals surface area contributed by atoms with Gasteiger partial charge in [-0.3, -0.25) is 13.6 Å². The van der Waals surface area contributed by atoms with Gasteiger partial charge in [0.1, 0.15) is 6.61 Å². The van der Waals surface area contributed by atoms with Gasteiger partial charge in [-0.25, -0.2) is 9.56 Å². The zero-order valence-electron chi connectivity index (χ0n) is 24.0. The van der Waals surface area contributed by atoms with Gasteiger partial charge in [-0.1, -0.05) is 98.1 Å². The molecule has 0 aromatic heterocycles. The molecule has 1 heterocycles. The maximum Gasteiger partial charge on any atom is 0.478 e. The van der Waals surface area contributed by atoms with E-state index in [0.717, 1.165) is 12.0 Å². The Labute approximate surface area is 244 Å². The first-order valence-electron chi connectivity index (χ1n) is 13.5. The molecule has 1 aliphatic rings. The molecule has 218 valence electrons. The third-order valence-electron chi connectivity index (χ3n) is 5.68. The summed E-state index contributed by atoms with van der Waals surface area (Å²) in [5.74, 6) is -0.116. The highest BCUT2D eigenvalue weighted by Gasteiger charge is 2.51. The molecular weight excluding hydrogens is 568 g/mol. The number of alkyl halides is 3. The fourth-order valence-electron chi connectivity index (χ4n) is 4.05. The lowest BCUT2D eigenvalue weighted by atomic mass is 10.00. The quantitative estimate of drug-likeness (QED) is 0.119. The Bertz CT molecular complexity index is 931. The molecule has 0 spiro atoms. The predicted molar refractivity (Wildman–Crippen MR) is 159 cm³/mol. The van der Waals surface area contributed by atoms with Crippen molar-refractivity contribution in [2.24, 2.45) is 4.99 Å². The SMILES string of the molecule is CCCCCCCCc1ccc(CC[C@]2(OP(=O)(OC(C)(C)C)OC(C)(C)C)COC(C(Cl)(Cl)Cl)=N2)cc1. The molecule has 0 unspecified atom stereocenters. The number of halogens is 3. The summed E-state index contributed by atoms with van der Waals surface area (Å²) in [6, 6.07) is 8.53. The first-order chi connectivity index (χ1) is 17.4. The molecule has 1 aromatic rings. The van der Waals surface area contributed by atoms with Crippen LogP contribution in [0.4, 0.5) is 0 Å². The molecule has 1 aromatic carbocycles. The standard InChI is InChI=1S/C28H45Cl3NO5P/c1-8-9-10-11-12-13-14-22-15-17-23(18-16-22)19-20-27(21-34-24(32-27)28(29,30)31)37-38(33,35-25(2,3)4)36-26(5,6)7/h15-18H,8-14,19-21H2,1-7H3/t27-/m0/s1. The number of unbranched alkanes of at least 4 members (excludes halogenated alkanes) is 5. The van der Waals surface area contributed by atoms with Crippen molar-refractivity contribution in [3.05, 3.63) is 35.4 Å². The summed E-state index contributed by atoms with van der Waals surface area (Å²) in [4.78, 5) is 4.48. The van der Waals surface area contributed by atoms with Crippen molar-refractivity contribution < 1.29 is 22.9 Å². The van der Waals surface area contributed by atoms with E-state index in [-0.39, 0.29) is 12.5 Å². The van der Waals surface area contributed by atoms with Crippen molar-refractivity contribution in [2.75, 3.05) is 6.61 Å². The van der Waals surface area contributed by atoms with Crippen molar-refractivity contribution in [2.45, 2.75) is 127 Å². The topological polar surface area (TPSA) is 66.4 Å². The van der Waals surface area contributed by atoms with Gasteiger partial charge >= 0.3 is 7.82 Å². The van der Waals surface area contributed by atoms with E-state index in [1.165, 1.54) is 44.1 Å². The Morgan fingerprint density at radius 1 is 0.868 bits per heavy atom. The highest BCUT2D eigenvalue weighted by Crippen LogP contribution is 2.59. The number of hydrogen-bond acceptors (Lipinski definition) is 6. The Hall–Kier alpha value is -0.330. The van der Waals surface area contributed by atoms with Crippen LogP contribution in [0.2, 0.25) is 0 Å². The molecular formula is C28H45Cl3NO5P. The van der Waals surface area contributed by atoms with E-state index in [9.17, 15) is 4.57 Å². The van der Waals surface area contributed by atoms with E-state index in [1.54, 1.807) is 41.5 Å². The van der Waals surface area contributed by atoms with Crippen molar-refractivity contribution in [3.8, 4) is 0 Å². The fourth-order valence-corrected chi connectivity index (χ4v) is 6.40. The van der Waals surface area contributed by atoms with Gasteiger partial charge < -0.3 is 4.74 Å². The minimum Gasteiger partial charge on any atom is -0.473 e. The molecule has 1 atom stereocenters. The summed E-state index contributed by atoms with van der Waals surface area (Å²) in [6.07, 6.45) is 9.62. The van der Waals surface area contributed by atoms with Crippen LogP contribution < -0.4 is 0 Å². The summed E-state index contributed by atoms with van der Waals surface area (Å²) in [5.41, 5.74) is -0.634. The zero-order chi connectivity index (χ0) is 28.7. The van der Waals surface area contributed by atoms with Gasteiger partial charge in [0.2, 0.25) is 11.6 Å². The number of benzene rings is 1. The van der Waals surface area contributed by atoms with Crippen LogP contribution in [0.5, 0.6) is 0 Å². The van der Waals surface area contributed by atoms with Gasteiger partial charge in [0.05, 0.1) is 11.2 Å². The molecule has 0 N–H and O–H groups in total. The van der Waals surface area contributed by atoms with Crippen LogP contribution >= 0.6 is 42.6 Å². The molecule has 1 aliphatic heterocycles. The number of aryl methyl sites for hydroxylation is 2. The number of nitrogens with zero attached hydrogens (tertiary/aromatic N) is 1. The number of ether oxygens (including phenoxy) is 1. The maximum atomic E-state index is 13.9. The highest BCUT2D eigenvalue weighted by molar-refractivity contribution is 7.48. The van der Waals surface area contributed by atoms with Crippen LogP contribution in [-0.2, 0) is 35.7 Å². The molecule has 0 aliphatic carbocycles. The van der Waals surface area contributed by atoms with Gasteiger partial charge in [-0.15, -0.1) is 0 Å². The van der Waals surface area contributed by atoms with Crippen LogP contribution in [0.25, 0.3) is 0 Å². The summed E-state index contributed by atoms with van der Waals surface area (Å²) in [7, 11) is -4.12. The van der Waals surface area contributed by atoms with E-state index >= 15 is 0 Å². The second kappa shape index (κ2) is 14.0. The van der Waals surface area contributed by atoms with E-state index in [4.69, 9.17) is 53.1 Å². The van der Waals surface area contributed by atoms with E-state index in [0.29, 0.717) is 12.8 Å². The molecule has 0 fully saturated rings. The Morgan fingerprint density at radius 3 is 1.84 bits per heavy atom. The highest BCUT2D eigenvalue weighted by atomic mass is 35.6. The lowest BCUT2D eigenvalue weighted by Gasteiger charge is -2.35. The van der Waals surface area contributed by atoms with Crippen molar-refractivity contribution in [1.82, 2.24) is 0 Å². The number of aliphatic imine (C=N–C) groups is 1. The molecule has 0 radical (unpaired) electrons. The fraction of sp³-hybridized carbons (Fsp3) is 0.750. The van der Waals surface area contributed by atoms with Gasteiger partial charge in [-0.05, 0) is 71.9 Å². The lowest BCUT2D eigenvalue weighted by Crippen LogP contribution is -2.35. The van der Waals surface area contributed by atoms with Crippen molar-refractivity contribution in [3.63, 3.8) is 0 Å². The van der Waals surface area contributed by atoms with Crippen LogP contribution in [-0.4, -0.2) is 33.2 Å². The largest absolute Gasteiger partial charge is 0.478 e. The number of hydrogen-bond donors (Lipinski definition) is 0. The van der Waals surface area contributed by atoms with E-state index in [1.807, 2.05) is 0 Å². The Kier molecular flexibility index (Phi) is 12.5. The molecule has 0 amide bonds. The van der Waals surface area contributed by atoms with Gasteiger partial charge in [-0.2, -0.15) is 0 Å². The van der Waals surface area contributed by atoms with Crippen LogP contribution in [0.3, 0.4) is 0 Å². The number of rotatable bonds is 14. The normalized spacial score (nSPS) is 18.9. The Morgan fingerprint density at radius 2 is 1.37 bits per heavy atom. The third kappa shape index (κ3) is 12.5. The smallest absolute Gasteiger partial charge is 0.473 e. The third-order valence-corrected chi connectivity index (χ3v) is 8.27. The first kappa shape index (κ1) is 33.9. The van der Waals surface area contributed by atoms with Crippen molar-refractivity contribution >= 4 is 48.5 Å². The van der Waals surface area contributed by atoms with Crippen LogP contribution in [0, 0.1) is 0 Å². The van der Waals surface area contributed by atoms with Gasteiger partial charge in [0.25, 0.3) is 3.79 Å².